The molecule has 0 saturated carbocycles. The van der Waals surface area contributed by atoms with Crippen LogP contribution in [0.2, 0.25) is 10.0 Å². The molecule has 1 aliphatic heterocycles. The zero-order chi connectivity index (χ0) is 16.2. The second-order valence-corrected chi connectivity index (χ2v) is 6.13. The van der Waals surface area contributed by atoms with E-state index in [2.05, 4.69) is 0 Å². The molecule has 0 fully saturated rings. The van der Waals surface area contributed by atoms with Crippen LogP contribution in [0.5, 0.6) is 5.75 Å². The summed E-state index contributed by atoms with van der Waals surface area (Å²) < 4.78 is 11.8. The highest BCUT2D eigenvalue weighted by Gasteiger charge is 2.29. The van der Waals surface area contributed by atoms with Crippen LogP contribution in [0.1, 0.15) is 11.7 Å². The van der Waals surface area contributed by atoms with Crippen LogP contribution in [0.25, 0.3) is 0 Å². The maximum Gasteiger partial charge on any atom is 0.145 e. The van der Waals surface area contributed by atoms with Gasteiger partial charge in [0.05, 0.1) is 6.61 Å². The number of rotatable bonds is 4. The van der Waals surface area contributed by atoms with E-state index >= 15 is 0 Å². The van der Waals surface area contributed by atoms with Crippen molar-refractivity contribution >= 4 is 23.2 Å². The fourth-order valence-electron chi connectivity index (χ4n) is 2.49. The third-order valence-corrected chi connectivity index (χ3v) is 4.02. The molecule has 0 aliphatic carbocycles. The molecule has 1 aliphatic rings. The number of ether oxygens (including phenoxy) is 2. The Balaban J connectivity index is 1.77. The van der Waals surface area contributed by atoms with E-state index in [1.165, 1.54) is 0 Å². The molecule has 120 valence electrons. The molecule has 0 unspecified atom stereocenters. The van der Waals surface area contributed by atoms with Gasteiger partial charge in [0.15, 0.2) is 0 Å². The minimum Gasteiger partial charge on any atom is -0.483 e. The van der Waals surface area contributed by atoms with Gasteiger partial charge in [-0.15, -0.1) is 0 Å². The topological polar surface area (TPSA) is 38.7 Å². The molecule has 0 saturated heterocycles. The smallest absolute Gasteiger partial charge is 0.145 e. The first-order chi connectivity index (χ1) is 11.2. The molecule has 1 heterocycles. The Morgan fingerprint density at radius 1 is 1.00 bits per heavy atom. The molecule has 0 bridgehead atoms. The predicted molar refractivity (Wildman–Crippen MR) is 91.2 cm³/mol. The number of aliphatic hydroxyl groups excluding tert-OH is 1. The maximum absolute atomic E-state index is 9.62. The van der Waals surface area contributed by atoms with E-state index in [4.69, 9.17) is 32.7 Å². The van der Waals surface area contributed by atoms with Gasteiger partial charge < -0.3 is 14.6 Å². The second-order valence-electron chi connectivity index (χ2n) is 5.26. The molecule has 2 aromatic rings. The Hall–Kier alpha value is -1.52. The maximum atomic E-state index is 9.62. The molecule has 0 amide bonds. The first-order valence-corrected chi connectivity index (χ1v) is 8.03. The molecule has 3 atom stereocenters. The summed E-state index contributed by atoms with van der Waals surface area (Å²) in [7, 11) is 0. The Labute approximate surface area is 145 Å². The number of halogens is 2. The van der Waals surface area contributed by atoms with Gasteiger partial charge in [-0.05, 0) is 29.8 Å². The lowest BCUT2D eigenvalue weighted by molar-refractivity contribution is -0.0731. The van der Waals surface area contributed by atoms with E-state index in [-0.39, 0.29) is 12.7 Å². The standard InChI is InChI=1S/C18H16Cl2O3/c19-13-8-14(20)10-15(9-13)22-17-7-6-16(23-18(17)11-21)12-4-2-1-3-5-12/h1-10,16-18,21H,11H2/t16-,17-,18+/m0/s1. The molecular weight excluding hydrogens is 335 g/mol. The first-order valence-electron chi connectivity index (χ1n) is 7.28. The van der Waals surface area contributed by atoms with Gasteiger partial charge in [-0.2, -0.15) is 0 Å². The zero-order valence-electron chi connectivity index (χ0n) is 12.2. The van der Waals surface area contributed by atoms with Crippen molar-refractivity contribution in [3.05, 3.63) is 76.3 Å². The van der Waals surface area contributed by atoms with Crippen molar-refractivity contribution in [2.75, 3.05) is 6.61 Å². The van der Waals surface area contributed by atoms with Crippen LogP contribution in [-0.4, -0.2) is 23.9 Å². The van der Waals surface area contributed by atoms with E-state index in [1.54, 1.807) is 18.2 Å². The van der Waals surface area contributed by atoms with Gasteiger partial charge in [0.1, 0.15) is 24.1 Å². The summed E-state index contributed by atoms with van der Waals surface area (Å²) >= 11 is 12.0. The molecule has 3 rings (SSSR count). The predicted octanol–water partition coefficient (Wildman–Crippen LogP) is 4.43. The molecular formula is C18H16Cl2O3. The SMILES string of the molecule is OC[C@H]1O[C@H](c2ccccc2)C=C[C@@H]1Oc1cc(Cl)cc(Cl)c1. The lowest BCUT2D eigenvalue weighted by atomic mass is 10.0. The van der Waals surface area contributed by atoms with Crippen LogP contribution in [-0.2, 0) is 4.74 Å². The van der Waals surface area contributed by atoms with Crippen molar-refractivity contribution in [1.29, 1.82) is 0 Å². The van der Waals surface area contributed by atoms with Crippen LogP contribution in [0.15, 0.2) is 60.7 Å². The molecule has 3 nitrogen and oxygen atoms in total. The number of hydrogen-bond donors (Lipinski definition) is 1. The lowest BCUT2D eigenvalue weighted by Gasteiger charge is -2.31. The van der Waals surface area contributed by atoms with Crippen molar-refractivity contribution in [3.63, 3.8) is 0 Å². The van der Waals surface area contributed by atoms with Gasteiger partial charge in [-0.25, -0.2) is 0 Å². The van der Waals surface area contributed by atoms with Crippen molar-refractivity contribution < 1.29 is 14.6 Å². The summed E-state index contributed by atoms with van der Waals surface area (Å²) in [5, 5.41) is 10.6. The summed E-state index contributed by atoms with van der Waals surface area (Å²) in [6.45, 7) is -0.146. The second kappa shape index (κ2) is 7.37. The van der Waals surface area contributed by atoms with Crippen molar-refractivity contribution in [1.82, 2.24) is 0 Å². The third-order valence-electron chi connectivity index (χ3n) is 3.58. The van der Waals surface area contributed by atoms with E-state index in [1.807, 2.05) is 42.5 Å². The Morgan fingerprint density at radius 2 is 1.70 bits per heavy atom. The summed E-state index contributed by atoms with van der Waals surface area (Å²) in [5.41, 5.74) is 1.03. The molecule has 1 N–H and O–H groups in total. The minimum absolute atomic E-state index is 0.146. The third kappa shape index (κ3) is 4.06. The largest absolute Gasteiger partial charge is 0.483 e. The van der Waals surface area contributed by atoms with Crippen LogP contribution in [0.3, 0.4) is 0 Å². The summed E-state index contributed by atoms with van der Waals surface area (Å²) in [5.74, 6) is 0.539. The highest BCUT2D eigenvalue weighted by molar-refractivity contribution is 6.34. The fourth-order valence-corrected chi connectivity index (χ4v) is 3.00. The number of benzene rings is 2. The van der Waals surface area contributed by atoms with Crippen LogP contribution in [0.4, 0.5) is 0 Å². The minimum atomic E-state index is -0.469. The summed E-state index contributed by atoms with van der Waals surface area (Å²) in [6.07, 6.45) is 2.75. The van der Waals surface area contributed by atoms with Crippen molar-refractivity contribution in [3.8, 4) is 5.75 Å². The monoisotopic (exact) mass is 350 g/mol. The molecule has 0 spiro atoms. The zero-order valence-corrected chi connectivity index (χ0v) is 13.7. The highest BCUT2D eigenvalue weighted by atomic mass is 35.5. The van der Waals surface area contributed by atoms with Gasteiger partial charge in [0.25, 0.3) is 0 Å². The first kappa shape index (κ1) is 16.3. The normalized spacial score (nSPS) is 23.7. The summed E-state index contributed by atoms with van der Waals surface area (Å²) in [6, 6.07) is 14.8. The quantitative estimate of drug-likeness (QED) is 0.829. The van der Waals surface area contributed by atoms with E-state index in [0.29, 0.717) is 15.8 Å². The highest BCUT2D eigenvalue weighted by Crippen LogP contribution is 2.30. The number of hydrogen-bond acceptors (Lipinski definition) is 3. The average molecular weight is 351 g/mol. The average Bonchev–Trinajstić information content (AvgIpc) is 2.55. The van der Waals surface area contributed by atoms with E-state index in [9.17, 15) is 5.11 Å². The van der Waals surface area contributed by atoms with E-state index < -0.39 is 12.2 Å². The van der Waals surface area contributed by atoms with Gasteiger partial charge in [-0.1, -0.05) is 59.6 Å². The molecule has 23 heavy (non-hydrogen) atoms. The molecule has 0 radical (unpaired) electrons. The Bertz CT molecular complexity index is 668. The Kier molecular flexibility index (Phi) is 5.23. The van der Waals surface area contributed by atoms with Gasteiger partial charge >= 0.3 is 0 Å². The van der Waals surface area contributed by atoms with Crippen molar-refractivity contribution in [2.24, 2.45) is 0 Å². The van der Waals surface area contributed by atoms with Crippen LogP contribution < -0.4 is 4.74 Å². The molecule has 5 heteroatoms. The van der Waals surface area contributed by atoms with Gasteiger partial charge in [-0.3, -0.25) is 0 Å². The van der Waals surface area contributed by atoms with Crippen LogP contribution >= 0.6 is 23.2 Å². The molecule has 0 aromatic heterocycles. The fraction of sp³-hybridized carbons (Fsp3) is 0.222. The summed E-state index contributed by atoms with van der Waals surface area (Å²) in [4.78, 5) is 0. The van der Waals surface area contributed by atoms with Crippen molar-refractivity contribution in [2.45, 2.75) is 18.3 Å². The van der Waals surface area contributed by atoms with Gasteiger partial charge in [0.2, 0.25) is 0 Å². The number of aliphatic hydroxyl groups is 1. The van der Waals surface area contributed by atoms with E-state index in [0.717, 1.165) is 5.56 Å². The lowest BCUT2D eigenvalue weighted by Crippen LogP contribution is -2.39. The molecule has 2 aromatic carbocycles. The van der Waals surface area contributed by atoms with Crippen LogP contribution in [0, 0.1) is 0 Å². The Morgan fingerprint density at radius 3 is 2.35 bits per heavy atom. The van der Waals surface area contributed by atoms with Gasteiger partial charge in [0, 0.05) is 10.0 Å².